The molecule has 0 radical (unpaired) electrons. The highest BCUT2D eigenvalue weighted by molar-refractivity contribution is 6.90. The van der Waals surface area contributed by atoms with Gasteiger partial charge in [-0.1, -0.05) is 115 Å². The van der Waals surface area contributed by atoms with Crippen LogP contribution in [-0.2, 0) is 0 Å². The van der Waals surface area contributed by atoms with Crippen molar-refractivity contribution >= 4 is 100 Å². The fraction of sp³-hybridized carbons (Fsp3) is 0. The number of furan rings is 1. The van der Waals surface area contributed by atoms with Crippen LogP contribution in [0, 0.1) is 0 Å². The molecule has 12 rings (SSSR count). The number of anilines is 3. The lowest BCUT2D eigenvalue weighted by molar-refractivity contribution is 0.669. The van der Waals surface area contributed by atoms with E-state index in [0.29, 0.717) is 0 Å². The van der Waals surface area contributed by atoms with Gasteiger partial charge >= 0.3 is 6.85 Å². The summed E-state index contributed by atoms with van der Waals surface area (Å²) in [6, 6.07) is 55.7. The van der Waals surface area contributed by atoms with Crippen molar-refractivity contribution in [3.8, 4) is 11.1 Å². The molecule has 0 N–H and O–H groups in total. The third-order valence-corrected chi connectivity index (χ3v) is 10.9. The molecule has 48 heavy (non-hydrogen) atoms. The molecule has 4 heteroatoms. The van der Waals surface area contributed by atoms with Gasteiger partial charge < -0.3 is 13.8 Å². The van der Waals surface area contributed by atoms with E-state index in [-0.39, 0.29) is 6.85 Å². The minimum atomic E-state index is -0.0262. The van der Waals surface area contributed by atoms with Gasteiger partial charge in [0.2, 0.25) is 0 Å². The second kappa shape index (κ2) is 8.75. The van der Waals surface area contributed by atoms with Gasteiger partial charge in [0, 0.05) is 44.1 Å². The highest BCUT2D eigenvalue weighted by atomic mass is 16.3. The topological polar surface area (TPSA) is 21.3 Å². The molecule has 0 fully saturated rings. The van der Waals surface area contributed by atoms with Crippen LogP contribution in [0.1, 0.15) is 0 Å². The Labute approximate surface area is 275 Å². The zero-order valence-electron chi connectivity index (χ0n) is 25.8. The van der Waals surface area contributed by atoms with Crippen molar-refractivity contribution < 1.29 is 4.42 Å². The molecule has 0 saturated carbocycles. The minimum absolute atomic E-state index is 0.0262. The Bertz CT molecular complexity index is 3040. The van der Waals surface area contributed by atoms with E-state index in [9.17, 15) is 0 Å². The molecular weight excluding hydrogens is 583 g/mol. The van der Waals surface area contributed by atoms with Crippen LogP contribution in [0.4, 0.5) is 17.1 Å². The van der Waals surface area contributed by atoms with Gasteiger partial charge in [-0.25, -0.2) is 0 Å². The first-order valence-corrected chi connectivity index (χ1v) is 16.6. The number of benzene rings is 8. The van der Waals surface area contributed by atoms with E-state index in [1.165, 1.54) is 76.8 Å². The average molecular weight is 609 g/mol. The third kappa shape index (κ3) is 3.01. The Balaban J connectivity index is 1.34. The fourth-order valence-corrected chi connectivity index (χ4v) is 8.94. The molecular formula is C44H25BN2O. The number of nitrogens with zero attached hydrogens (tertiary/aromatic N) is 2. The maximum atomic E-state index is 6.74. The van der Waals surface area contributed by atoms with E-state index >= 15 is 0 Å². The largest absolute Gasteiger partial charge is 0.456 e. The second-order valence-electron chi connectivity index (χ2n) is 13.3. The van der Waals surface area contributed by atoms with Crippen molar-refractivity contribution in [2.24, 2.45) is 0 Å². The zero-order chi connectivity index (χ0) is 31.1. The van der Waals surface area contributed by atoms with Gasteiger partial charge in [0.15, 0.2) is 0 Å². The van der Waals surface area contributed by atoms with Gasteiger partial charge in [-0.05, 0) is 74.4 Å². The lowest BCUT2D eigenvalue weighted by atomic mass is 9.44. The Hall–Kier alpha value is -6.26. The summed E-state index contributed by atoms with van der Waals surface area (Å²) in [4.78, 5) is 2.53. The molecule has 0 bridgehead atoms. The number of para-hydroxylation sites is 3. The zero-order valence-corrected chi connectivity index (χ0v) is 25.8. The van der Waals surface area contributed by atoms with Crippen molar-refractivity contribution in [1.82, 2.24) is 4.48 Å². The Morgan fingerprint density at radius 2 is 1.21 bits per heavy atom. The molecule has 0 unspecified atom stereocenters. The lowest BCUT2D eigenvalue weighted by Crippen LogP contribution is -2.56. The van der Waals surface area contributed by atoms with Gasteiger partial charge in [0.25, 0.3) is 0 Å². The molecule has 2 aliphatic heterocycles. The van der Waals surface area contributed by atoms with E-state index in [0.717, 1.165) is 27.6 Å². The number of aromatic nitrogens is 1. The Morgan fingerprint density at radius 1 is 0.500 bits per heavy atom. The van der Waals surface area contributed by atoms with Crippen molar-refractivity contribution in [1.29, 1.82) is 0 Å². The van der Waals surface area contributed by atoms with Crippen LogP contribution in [0.5, 0.6) is 0 Å². The van der Waals surface area contributed by atoms with Crippen LogP contribution in [0.25, 0.3) is 76.4 Å². The summed E-state index contributed by atoms with van der Waals surface area (Å²) in [7, 11) is 0. The molecule has 4 heterocycles. The maximum absolute atomic E-state index is 6.74. The van der Waals surface area contributed by atoms with Crippen molar-refractivity contribution in [3.05, 3.63) is 152 Å². The highest BCUT2D eigenvalue weighted by Crippen LogP contribution is 2.50. The third-order valence-electron chi connectivity index (χ3n) is 10.9. The predicted octanol–water partition coefficient (Wildman–Crippen LogP) is 10.4. The molecule has 220 valence electrons. The molecule has 3 nitrogen and oxygen atoms in total. The quantitative estimate of drug-likeness (QED) is 0.173. The number of hydrogen-bond donors (Lipinski definition) is 0. The molecule has 10 aromatic rings. The number of hydrogen-bond acceptors (Lipinski definition) is 2. The first kappa shape index (κ1) is 24.9. The summed E-state index contributed by atoms with van der Waals surface area (Å²) in [6.07, 6.45) is 0. The smallest absolute Gasteiger partial charge is 0.333 e. The van der Waals surface area contributed by atoms with Crippen molar-refractivity contribution in [2.75, 3.05) is 4.90 Å². The van der Waals surface area contributed by atoms with E-state index in [1.807, 2.05) is 0 Å². The SMILES string of the molecule is c1ccc2cc(N3c4cc5ccccc5cc4B4c5c(cc6oc7ccccc7c6c53)-c3cccc5c6ccccc6n4c35)ccc2c1. The summed E-state index contributed by atoms with van der Waals surface area (Å²) in [5.41, 5.74) is 13.1. The first-order chi connectivity index (χ1) is 23.8. The molecule has 0 spiro atoms. The van der Waals surface area contributed by atoms with E-state index < -0.39 is 0 Å². The lowest BCUT2D eigenvalue weighted by Gasteiger charge is -2.41. The second-order valence-corrected chi connectivity index (χ2v) is 13.3. The molecule has 0 saturated heterocycles. The van der Waals surface area contributed by atoms with Crippen LogP contribution >= 0.6 is 0 Å². The molecule has 0 aliphatic carbocycles. The first-order valence-electron chi connectivity index (χ1n) is 16.6. The van der Waals surface area contributed by atoms with E-state index in [2.05, 4.69) is 161 Å². The monoisotopic (exact) mass is 608 g/mol. The van der Waals surface area contributed by atoms with Crippen molar-refractivity contribution in [3.63, 3.8) is 0 Å². The van der Waals surface area contributed by atoms with Crippen molar-refractivity contribution in [2.45, 2.75) is 0 Å². The van der Waals surface area contributed by atoms with Gasteiger partial charge in [-0.2, -0.15) is 0 Å². The summed E-state index contributed by atoms with van der Waals surface area (Å²) < 4.78 is 9.37. The molecule has 8 aromatic carbocycles. The predicted molar refractivity (Wildman–Crippen MR) is 202 cm³/mol. The molecule has 2 aliphatic rings. The Morgan fingerprint density at radius 3 is 2.08 bits per heavy atom. The summed E-state index contributed by atoms with van der Waals surface area (Å²) >= 11 is 0. The van der Waals surface area contributed by atoms with Crippen LogP contribution < -0.4 is 15.8 Å². The maximum Gasteiger partial charge on any atom is 0.333 e. The van der Waals surface area contributed by atoms with Gasteiger partial charge in [-0.15, -0.1) is 0 Å². The molecule has 0 atom stereocenters. The standard InChI is InChI=1S/C44H25BN2O/c1-2-11-27-22-30(21-20-26(27)10-1)46-38-24-29-13-4-3-12-28(29)23-36(38)45-42-35(25-40-41(44(42)46)34-15-6-8-19-39(34)48-40)33-17-9-16-32-31-14-5-7-18-37(31)47(45)43(32)33/h1-25H. The minimum Gasteiger partial charge on any atom is -0.456 e. The van der Waals surface area contributed by atoms with E-state index in [1.54, 1.807) is 0 Å². The summed E-state index contributed by atoms with van der Waals surface area (Å²) in [6.45, 7) is -0.0262. The Kier molecular flexibility index (Phi) is 4.54. The van der Waals surface area contributed by atoms with Gasteiger partial charge in [0.05, 0.1) is 11.1 Å². The average Bonchev–Trinajstić information content (AvgIpc) is 3.68. The normalized spacial score (nSPS) is 13.3. The highest BCUT2D eigenvalue weighted by Gasteiger charge is 2.44. The molecule has 2 aromatic heterocycles. The number of fused-ring (bicyclic) bond motifs is 13. The van der Waals surface area contributed by atoms with E-state index in [4.69, 9.17) is 4.42 Å². The number of rotatable bonds is 1. The fourth-order valence-electron chi connectivity index (χ4n) is 8.94. The molecule has 0 amide bonds. The summed E-state index contributed by atoms with van der Waals surface area (Å²) in [5, 5.41) is 9.82. The van der Waals surface area contributed by atoms with Gasteiger partial charge in [0.1, 0.15) is 11.2 Å². The van der Waals surface area contributed by atoms with Crippen LogP contribution in [0.3, 0.4) is 0 Å². The van der Waals surface area contributed by atoms with Crippen LogP contribution in [0.2, 0.25) is 0 Å². The van der Waals surface area contributed by atoms with Crippen LogP contribution in [0.15, 0.2) is 156 Å². The van der Waals surface area contributed by atoms with Gasteiger partial charge in [-0.3, -0.25) is 0 Å². The summed E-state index contributed by atoms with van der Waals surface area (Å²) in [5.74, 6) is 0. The van der Waals surface area contributed by atoms with Crippen LogP contribution in [-0.4, -0.2) is 11.3 Å².